The van der Waals surface area contributed by atoms with Crippen LogP contribution in [0.15, 0.2) is 24.3 Å². The van der Waals surface area contributed by atoms with E-state index >= 15 is 0 Å². The number of benzene rings is 1. The molecule has 7 nitrogen and oxygen atoms in total. The Labute approximate surface area is 181 Å². The van der Waals surface area contributed by atoms with Gasteiger partial charge in [-0.1, -0.05) is 55.6 Å². The number of nitrogens with zero attached hydrogens (tertiary/aromatic N) is 1. The van der Waals surface area contributed by atoms with Gasteiger partial charge in [-0.25, -0.2) is 4.98 Å². The molecule has 1 heterocycles. The van der Waals surface area contributed by atoms with E-state index in [1.54, 1.807) is 24.3 Å². The van der Waals surface area contributed by atoms with Crippen LogP contribution in [0.25, 0.3) is 10.6 Å². The van der Waals surface area contributed by atoms with E-state index in [-0.39, 0.29) is 10.3 Å². The number of aliphatic hydroxyl groups excluding tert-OH is 4. The van der Waals surface area contributed by atoms with E-state index < -0.39 is 30.8 Å². The highest BCUT2D eigenvalue weighted by molar-refractivity contribution is 9.24. The highest BCUT2D eigenvalue weighted by atomic mass is 79.9. The van der Waals surface area contributed by atoms with E-state index in [9.17, 15) is 20.1 Å². The molecule has 5 N–H and O–H groups in total. The molecule has 0 spiro atoms. The van der Waals surface area contributed by atoms with Crippen LogP contribution in [-0.2, 0) is 0 Å². The first-order chi connectivity index (χ1) is 12.7. The molecule has 2 rings (SSSR count). The van der Waals surface area contributed by atoms with Crippen LogP contribution in [0.5, 0.6) is 0 Å². The highest BCUT2D eigenvalue weighted by Crippen LogP contribution is 2.37. The van der Waals surface area contributed by atoms with Gasteiger partial charge in [0.2, 0.25) is 0 Å². The topological polar surface area (TPSA) is 123 Å². The SMILES string of the molecule is O=C(NC[C@@H](O)[C@@H](O)[C@@H](O)CO)c1sc(-c2ccc(Cl)cc2)nc1C(Br)Br. The number of aliphatic hydroxyl groups is 4. The quantitative estimate of drug-likeness (QED) is 0.324. The summed E-state index contributed by atoms with van der Waals surface area (Å²) in [6.07, 6.45) is -4.52. The van der Waals surface area contributed by atoms with Gasteiger partial charge in [-0.05, 0) is 12.1 Å². The van der Waals surface area contributed by atoms with Crippen LogP contribution in [0, 0.1) is 0 Å². The van der Waals surface area contributed by atoms with Gasteiger partial charge >= 0.3 is 0 Å². The second-order valence-corrected chi connectivity index (χ2v) is 10.1. The lowest BCUT2D eigenvalue weighted by atomic mass is 10.1. The summed E-state index contributed by atoms with van der Waals surface area (Å²) in [6.45, 7) is -1.01. The molecule has 0 saturated heterocycles. The molecular formula is C16H17Br2ClN2O5S. The van der Waals surface area contributed by atoms with Crippen molar-refractivity contribution in [3.05, 3.63) is 39.9 Å². The lowest BCUT2D eigenvalue weighted by Crippen LogP contribution is -2.45. The molecule has 0 aliphatic rings. The van der Waals surface area contributed by atoms with E-state index in [4.69, 9.17) is 16.7 Å². The van der Waals surface area contributed by atoms with Gasteiger partial charge in [0.25, 0.3) is 5.91 Å². The van der Waals surface area contributed by atoms with Gasteiger partial charge in [-0.2, -0.15) is 0 Å². The predicted molar refractivity (Wildman–Crippen MR) is 111 cm³/mol. The number of thiazole rings is 1. The molecule has 1 amide bonds. The molecule has 3 atom stereocenters. The largest absolute Gasteiger partial charge is 0.394 e. The third kappa shape index (κ3) is 5.94. The van der Waals surface area contributed by atoms with E-state index in [1.165, 1.54) is 11.3 Å². The molecule has 0 saturated carbocycles. The summed E-state index contributed by atoms with van der Waals surface area (Å²) in [5.41, 5.74) is 1.26. The third-order valence-corrected chi connectivity index (χ3v) is 5.84. The molecule has 0 aliphatic heterocycles. The average molecular weight is 545 g/mol. The van der Waals surface area contributed by atoms with Crippen molar-refractivity contribution in [2.75, 3.05) is 13.2 Å². The fourth-order valence-corrected chi connectivity index (χ4v) is 4.24. The van der Waals surface area contributed by atoms with Crippen LogP contribution in [0.1, 0.15) is 19.1 Å². The number of rotatable bonds is 8. The fourth-order valence-electron chi connectivity index (χ4n) is 2.12. The summed E-state index contributed by atoms with van der Waals surface area (Å²) in [5, 5.41) is 41.3. The standard InChI is InChI=1S/C16H17Br2ClN2O5S/c17-14(18)11-13(15(26)20-5-9(23)12(25)10(24)6-22)27-16(21-11)7-1-3-8(19)4-2-7/h1-4,9-10,12,14,22-25H,5-6H2,(H,20,26)/t9-,10+,12-/m1/s1. The molecule has 0 bridgehead atoms. The number of aromatic nitrogens is 1. The number of hydrogen-bond acceptors (Lipinski definition) is 7. The Kier molecular flexibility index (Phi) is 8.63. The normalized spacial score (nSPS) is 14.8. The lowest BCUT2D eigenvalue weighted by Gasteiger charge is -2.21. The minimum Gasteiger partial charge on any atom is -0.394 e. The van der Waals surface area contributed by atoms with Crippen LogP contribution in [-0.4, -0.2) is 62.8 Å². The maximum absolute atomic E-state index is 12.5. The van der Waals surface area contributed by atoms with Crippen molar-refractivity contribution in [2.24, 2.45) is 0 Å². The molecule has 0 aliphatic carbocycles. The third-order valence-electron chi connectivity index (χ3n) is 3.60. The number of carbonyl (C=O) groups excluding carboxylic acids is 1. The Morgan fingerprint density at radius 2 is 1.81 bits per heavy atom. The predicted octanol–water partition coefficient (Wildman–Crippen LogP) is 2.06. The van der Waals surface area contributed by atoms with Gasteiger partial charge < -0.3 is 25.7 Å². The van der Waals surface area contributed by atoms with Gasteiger partial charge in [0.15, 0.2) is 0 Å². The van der Waals surface area contributed by atoms with Crippen molar-refractivity contribution in [2.45, 2.75) is 22.0 Å². The summed E-state index contributed by atoms with van der Waals surface area (Å²) in [6, 6.07) is 7.03. The monoisotopic (exact) mass is 542 g/mol. The number of alkyl halides is 2. The fraction of sp³-hybridized carbons (Fsp3) is 0.375. The molecule has 11 heteroatoms. The van der Waals surface area contributed by atoms with E-state index in [0.717, 1.165) is 5.56 Å². The smallest absolute Gasteiger partial charge is 0.263 e. The van der Waals surface area contributed by atoms with E-state index in [2.05, 4.69) is 42.2 Å². The van der Waals surface area contributed by atoms with Crippen LogP contribution >= 0.6 is 54.8 Å². The summed E-state index contributed by atoms with van der Waals surface area (Å²) in [4.78, 5) is 17.3. The molecule has 2 aromatic rings. The van der Waals surface area contributed by atoms with Gasteiger partial charge in [0.05, 0.1) is 18.4 Å². The van der Waals surface area contributed by atoms with Crippen molar-refractivity contribution in [1.82, 2.24) is 10.3 Å². The first-order valence-corrected chi connectivity index (χ1v) is 10.7. The Bertz CT molecular complexity index is 775. The van der Waals surface area contributed by atoms with Crippen LogP contribution in [0.3, 0.4) is 0 Å². The van der Waals surface area contributed by atoms with Gasteiger partial charge in [0.1, 0.15) is 25.8 Å². The Morgan fingerprint density at radius 1 is 1.19 bits per heavy atom. The first-order valence-electron chi connectivity index (χ1n) is 7.72. The zero-order valence-electron chi connectivity index (χ0n) is 13.7. The summed E-state index contributed by atoms with van der Waals surface area (Å²) in [7, 11) is 0. The Balaban J connectivity index is 2.16. The minimum absolute atomic E-state index is 0.306. The maximum atomic E-state index is 12.5. The highest BCUT2D eigenvalue weighted by Gasteiger charge is 2.26. The zero-order valence-corrected chi connectivity index (χ0v) is 18.5. The molecule has 1 aromatic heterocycles. The number of nitrogens with one attached hydrogen (secondary N) is 1. The Hall–Kier alpha value is -0.590. The molecule has 0 unspecified atom stereocenters. The van der Waals surface area contributed by atoms with Gasteiger partial charge in [-0.3, -0.25) is 4.79 Å². The molecule has 0 fully saturated rings. The van der Waals surface area contributed by atoms with Crippen molar-refractivity contribution in [1.29, 1.82) is 0 Å². The van der Waals surface area contributed by atoms with Gasteiger partial charge in [-0.15, -0.1) is 11.3 Å². The maximum Gasteiger partial charge on any atom is 0.263 e. The lowest BCUT2D eigenvalue weighted by molar-refractivity contribution is -0.0743. The number of amides is 1. The molecule has 0 radical (unpaired) electrons. The molecular weight excluding hydrogens is 528 g/mol. The second kappa shape index (κ2) is 10.3. The van der Waals surface area contributed by atoms with Crippen molar-refractivity contribution < 1.29 is 25.2 Å². The van der Waals surface area contributed by atoms with Crippen molar-refractivity contribution in [3.8, 4) is 10.6 Å². The molecule has 148 valence electrons. The number of carbonyl (C=O) groups is 1. The number of halogens is 3. The number of hydrogen-bond donors (Lipinski definition) is 5. The van der Waals surface area contributed by atoms with Gasteiger partial charge in [0, 0.05) is 17.1 Å². The summed E-state index contributed by atoms with van der Waals surface area (Å²) >= 11 is 13.7. The van der Waals surface area contributed by atoms with Crippen LogP contribution in [0.4, 0.5) is 0 Å². The second-order valence-electron chi connectivity index (χ2n) is 5.56. The minimum atomic E-state index is -1.58. The van der Waals surface area contributed by atoms with Crippen LogP contribution < -0.4 is 5.32 Å². The van der Waals surface area contributed by atoms with E-state index in [1.807, 2.05) is 0 Å². The molecule has 27 heavy (non-hydrogen) atoms. The zero-order chi connectivity index (χ0) is 20.1. The van der Waals surface area contributed by atoms with Crippen molar-refractivity contribution >= 4 is 60.7 Å². The van der Waals surface area contributed by atoms with E-state index in [0.29, 0.717) is 20.6 Å². The van der Waals surface area contributed by atoms with Crippen molar-refractivity contribution in [3.63, 3.8) is 0 Å². The summed E-state index contributed by atoms with van der Waals surface area (Å²) < 4.78 is -0.366. The average Bonchev–Trinajstić information content (AvgIpc) is 3.10. The Morgan fingerprint density at radius 3 is 2.37 bits per heavy atom. The van der Waals surface area contributed by atoms with Crippen LogP contribution in [0.2, 0.25) is 5.02 Å². The molecule has 1 aromatic carbocycles. The summed E-state index contributed by atoms with van der Waals surface area (Å²) in [5.74, 6) is -0.489. The first kappa shape index (κ1) is 22.7.